The molecular weight excluding hydrogens is 344 g/mol. The average Bonchev–Trinajstić information content (AvgIpc) is 3.12. The van der Waals surface area contributed by atoms with Gasteiger partial charge in [0.05, 0.1) is 13.0 Å². The maximum atomic E-state index is 12.1. The van der Waals surface area contributed by atoms with Crippen LogP contribution >= 0.6 is 27.3 Å². The van der Waals surface area contributed by atoms with Crippen LogP contribution in [0.4, 0.5) is 4.79 Å². The summed E-state index contributed by atoms with van der Waals surface area (Å²) >= 11 is 4.96. The van der Waals surface area contributed by atoms with Crippen LogP contribution in [-0.4, -0.2) is 35.1 Å². The van der Waals surface area contributed by atoms with Gasteiger partial charge in [-0.3, -0.25) is 4.79 Å². The largest absolute Gasteiger partial charge is 0.481 e. The standard InChI is InChI=1S/C13H17BrN2O3S/c1-16(6-10-4-9(14)7-20-10)13(19)15-11(5-12(17)18)8-2-3-8/h4,7-8,11H,2-3,5-6H2,1H3,(H,15,19)(H,17,18). The summed E-state index contributed by atoms with van der Waals surface area (Å²) in [7, 11) is 1.72. The van der Waals surface area contributed by atoms with Gasteiger partial charge in [0.2, 0.25) is 0 Å². The summed E-state index contributed by atoms with van der Waals surface area (Å²) in [5, 5.41) is 13.7. The zero-order valence-electron chi connectivity index (χ0n) is 11.1. The van der Waals surface area contributed by atoms with E-state index < -0.39 is 5.97 Å². The Hall–Kier alpha value is -1.08. The van der Waals surface area contributed by atoms with Crippen molar-refractivity contribution in [2.45, 2.75) is 31.8 Å². The monoisotopic (exact) mass is 360 g/mol. The fraction of sp³-hybridized carbons (Fsp3) is 0.538. The molecule has 1 aliphatic rings. The average molecular weight is 361 g/mol. The second-order valence-electron chi connectivity index (χ2n) is 5.08. The van der Waals surface area contributed by atoms with Crippen molar-refractivity contribution < 1.29 is 14.7 Å². The maximum absolute atomic E-state index is 12.1. The lowest BCUT2D eigenvalue weighted by atomic mass is 10.1. The van der Waals surface area contributed by atoms with Gasteiger partial charge in [0.25, 0.3) is 0 Å². The Morgan fingerprint density at radius 2 is 2.30 bits per heavy atom. The first kappa shape index (κ1) is 15.3. The number of hydrogen-bond donors (Lipinski definition) is 2. The number of aliphatic carboxylic acids is 1. The second-order valence-corrected chi connectivity index (χ2v) is 6.99. The molecule has 2 amide bonds. The highest BCUT2D eigenvalue weighted by molar-refractivity contribution is 9.10. The summed E-state index contributed by atoms with van der Waals surface area (Å²) in [6.45, 7) is 0.520. The van der Waals surface area contributed by atoms with Gasteiger partial charge in [0, 0.05) is 27.8 Å². The number of amides is 2. The summed E-state index contributed by atoms with van der Waals surface area (Å²) in [6.07, 6.45) is 1.99. The van der Waals surface area contributed by atoms with Gasteiger partial charge in [-0.25, -0.2) is 4.79 Å². The van der Waals surface area contributed by atoms with E-state index in [1.807, 2.05) is 11.4 Å². The van der Waals surface area contributed by atoms with Crippen LogP contribution in [0, 0.1) is 5.92 Å². The number of rotatable bonds is 6. The van der Waals surface area contributed by atoms with E-state index in [1.165, 1.54) is 0 Å². The number of halogens is 1. The van der Waals surface area contributed by atoms with E-state index in [1.54, 1.807) is 23.3 Å². The third-order valence-corrected chi connectivity index (χ3v) is 4.94. The van der Waals surface area contributed by atoms with Crippen molar-refractivity contribution >= 4 is 39.3 Å². The number of thiophene rings is 1. The number of carboxylic acids is 1. The van der Waals surface area contributed by atoms with Crippen LogP contribution in [0.3, 0.4) is 0 Å². The summed E-state index contributed by atoms with van der Waals surface area (Å²) < 4.78 is 1.01. The molecule has 0 saturated heterocycles. The van der Waals surface area contributed by atoms with Crippen molar-refractivity contribution in [3.05, 3.63) is 20.8 Å². The second kappa shape index (κ2) is 6.58. The summed E-state index contributed by atoms with van der Waals surface area (Å²) in [5.41, 5.74) is 0. The van der Waals surface area contributed by atoms with Crippen molar-refractivity contribution in [3.8, 4) is 0 Å². The molecule has 0 aliphatic heterocycles. The Morgan fingerprint density at radius 3 is 2.80 bits per heavy atom. The van der Waals surface area contributed by atoms with E-state index in [9.17, 15) is 9.59 Å². The first-order chi connectivity index (χ1) is 9.45. The quantitative estimate of drug-likeness (QED) is 0.819. The summed E-state index contributed by atoms with van der Waals surface area (Å²) in [4.78, 5) is 25.6. The van der Waals surface area contributed by atoms with Gasteiger partial charge in [0.1, 0.15) is 0 Å². The minimum atomic E-state index is -0.868. The number of carboxylic acid groups (broad SMARTS) is 1. The minimum Gasteiger partial charge on any atom is -0.481 e. The molecule has 7 heteroatoms. The number of carbonyl (C=O) groups excluding carboxylic acids is 1. The Balaban J connectivity index is 1.87. The molecule has 1 fully saturated rings. The van der Waals surface area contributed by atoms with E-state index in [0.717, 1.165) is 22.2 Å². The first-order valence-corrected chi connectivity index (χ1v) is 8.09. The summed E-state index contributed by atoms with van der Waals surface area (Å²) in [6, 6.07) is 1.51. The Morgan fingerprint density at radius 1 is 1.60 bits per heavy atom. The molecule has 2 rings (SSSR count). The third-order valence-electron chi connectivity index (χ3n) is 3.26. The van der Waals surface area contributed by atoms with E-state index >= 15 is 0 Å². The highest BCUT2D eigenvalue weighted by Gasteiger charge is 2.34. The Labute approximate surface area is 130 Å². The minimum absolute atomic E-state index is 0.00516. The van der Waals surface area contributed by atoms with Gasteiger partial charge in [-0.2, -0.15) is 0 Å². The van der Waals surface area contributed by atoms with E-state index in [-0.39, 0.29) is 18.5 Å². The number of hydrogen-bond acceptors (Lipinski definition) is 3. The fourth-order valence-electron chi connectivity index (χ4n) is 2.03. The molecule has 1 aromatic rings. The first-order valence-electron chi connectivity index (χ1n) is 6.42. The maximum Gasteiger partial charge on any atom is 0.317 e. The molecule has 110 valence electrons. The molecule has 0 spiro atoms. The molecule has 1 saturated carbocycles. The normalized spacial score (nSPS) is 15.7. The highest BCUT2D eigenvalue weighted by atomic mass is 79.9. The molecule has 1 heterocycles. The Kier molecular flexibility index (Phi) is 5.04. The Bertz CT molecular complexity index is 502. The van der Waals surface area contributed by atoms with Gasteiger partial charge in [0.15, 0.2) is 0 Å². The number of nitrogens with one attached hydrogen (secondary N) is 1. The lowest BCUT2D eigenvalue weighted by molar-refractivity contribution is -0.137. The lowest BCUT2D eigenvalue weighted by Gasteiger charge is -2.22. The van der Waals surface area contributed by atoms with Crippen molar-refractivity contribution in [2.24, 2.45) is 5.92 Å². The number of carbonyl (C=O) groups is 2. The molecule has 1 atom stereocenters. The fourth-order valence-corrected chi connectivity index (χ4v) is 3.54. The zero-order valence-corrected chi connectivity index (χ0v) is 13.5. The molecule has 0 aromatic carbocycles. The number of nitrogens with zero attached hydrogens (tertiary/aromatic N) is 1. The van der Waals surface area contributed by atoms with Crippen molar-refractivity contribution in [1.29, 1.82) is 0 Å². The van der Waals surface area contributed by atoms with Crippen molar-refractivity contribution in [1.82, 2.24) is 10.2 Å². The van der Waals surface area contributed by atoms with E-state index in [4.69, 9.17) is 5.11 Å². The summed E-state index contributed by atoms with van der Waals surface area (Å²) in [5.74, 6) is -0.550. The molecule has 1 unspecified atom stereocenters. The molecule has 1 aliphatic carbocycles. The molecular formula is C13H17BrN2O3S. The van der Waals surface area contributed by atoms with Crippen molar-refractivity contribution in [2.75, 3.05) is 7.05 Å². The van der Waals surface area contributed by atoms with Gasteiger partial charge in [-0.1, -0.05) is 0 Å². The zero-order chi connectivity index (χ0) is 14.7. The molecule has 2 N–H and O–H groups in total. The molecule has 0 radical (unpaired) electrons. The van der Waals surface area contributed by atoms with Gasteiger partial charge in [-0.15, -0.1) is 11.3 Å². The SMILES string of the molecule is CN(Cc1cc(Br)cs1)C(=O)NC(CC(=O)O)C1CC1. The van der Waals surface area contributed by atoms with E-state index in [0.29, 0.717) is 12.5 Å². The lowest BCUT2D eigenvalue weighted by Crippen LogP contribution is -2.44. The molecule has 1 aromatic heterocycles. The van der Waals surface area contributed by atoms with E-state index in [2.05, 4.69) is 21.2 Å². The topological polar surface area (TPSA) is 69.6 Å². The van der Waals surface area contributed by atoms with Crippen LogP contribution in [-0.2, 0) is 11.3 Å². The molecule has 5 nitrogen and oxygen atoms in total. The highest BCUT2D eigenvalue weighted by Crippen LogP contribution is 2.34. The predicted molar refractivity (Wildman–Crippen MR) is 80.8 cm³/mol. The van der Waals surface area contributed by atoms with Gasteiger partial charge >= 0.3 is 12.0 Å². The van der Waals surface area contributed by atoms with Crippen LogP contribution in [0.15, 0.2) is 15.9 Å². The molecule has 20 heavy (non-hydrogen) atoms. The third kappa shape index (κ3) is 4.49. The molecule has 0 bridgehead atoms. The van der Waals surface area contributed by atoms with Gasteiger partial charge in [-0.05, 0) is 40.8 Å². The van der Waals surface area contributed by atoms with Gasteiger partial charge < -0.3 is 15.3 Å². The smallest absolute Gasteiger partial charge is 0.317 e. The van der Waals surface area contributed by atoms with Crippen LogP contribution in [0.2, 0.25) is 0 Å². The van der Waals surface area contributed by atoms with Crippen LogP contribution in [0.1, 0.15) is 24.1 Å². The van der Waals surface area contributed by atoms with Crippen LogP contribution in [0.25, 0.3) is 0 Å². The predicted octanol–water partition coefficient (Wildman–Crippen LogP) is 2.91. The number of urea groups is 1. The van der Waals surface area contributed by atoms with Crippen LogP contribution in [0.5, 0.6) is 0 Å². The van der Waals surface area contributed by atoms with Crippen LogP contribution < -0.4 is 5.32 Å². The van der Waals surface area contributed by atoms with Crippen molar-refractivity contribution in [3.63, 3.8) is 0 Å².